The predicted octanol–water partition coefficient (Wildman–Crippen LogP) is 1.33. The number of hydrogen-bond donors (Lipinski definition) is 1. The van der Waals surface area contributed by atoms with Gasteiger partial charge in [0.1, 0.15) is 6.10 Å². The third-order valence-electron chi connectivity index (χ3n) is 4.40. The molecule has 1 amide bonds. The molecule has 5 heteroatoms. The fraction of sp³-hybridized carbons (Fsp3) is 0.846. The van der Waals surface area contributed by atoms with Gasteiger partial charge in [0.05, 0.1) is 4.99 Å². The molecule has 0 saturated carbocycles. The Labute approximate surface area is 114 Å². The van der Waals surface area contributed by atoms with E-state index in [4.69, 9.17) is 22.7 Å². The number of piperidine rings is 1. The van der Waals surface area contributed by atoms with Gasteiger partial charge in [-0.2, -0.15) is 0 Å². The molecule has 0 aromatic heterocycles. The van der Waals surface area contributed by atoms with Gasteiger partial charge >= 0.3 is 0 Å². The van der Waals surface area contributed by atoms with Crippen LogP contribution in [0.15, 0.2) is 0 Å². The van der Waals surface area contributed by atoms with E-state index in [0.717, 1.165) is 32.4 Å². The number of rotatable bonds is 2. The number of thiocarbonyl (C=S) groups is 1. The van der Waals surface area contributed by atoms with E-state index in [9.17, 15) is 4.79 Å². The SMILES string of the molecule is CC1CCOC1C(=O)N1CCC(C)(C(N)=S)CC1. The Morgan fingerprint density at radius 1 is 1.44 bits per heavy atom. The first-order valence-electron chi connectivity index (χ1n) is 6.64. The Morgan fingerprint density at radius 2 is 2.06 bits per heavy atom. The molecule has 2 atom stereocenters. The van der Waals surface area contributed by atoms with Crippen molar-refractivity contribution in [3.05, 3.63) is 0 Å². The average molecular weight is 270 g/mol. The Bertz CT molecular complexity index is 351. The molecule has 102 valence electrons. The first-order valence-corrected chi connectivity index (χ1v) is 7.05. The zero-order chi connectivity index (χ0) is 13.3. The van der Waals surface area contributed by atoms with Crippen LogP contribution in [0.25, 0.3) is 0 Å². The maximum atomic E-state index is 12.3. The van der Waals surface area contributed by atoms with E-state index >= 15 is 0 Å². The van der Waals surface area contributed by atoms with E-state index in [1.807, 2.05) is 4.90 Å². The van der Waals surface area contributed by atoms with E-state index in [1.165, 1.54) is 0 Å². The lowest BCUT2D eigenvalue weighted by atomic mass is 9.80. The third kappa shape index (κ3) is 2.52. The number of hydrogen-bond acceptors (Lipinski definition) is 3. The van der Waals surface area contributed by atoms with Crippen molar-refractivity contribution in [2.75, 3.05) is 19.7 Å². The van der Waals surface area contributed by atoms with Crippen molar-refractivity contribution in [2.24, 2.45) is 17.1 Å². The second-order valence-corrected chi connectivity index (χ2v) is 6.25. The zero-order valence-corrected chi connectivity index (χ0v) is 12.0. The van der Waals surface area contributed by atoms with Crippen molar-refractivity contribution in [1.82, 2.24) is 4.90 Å². The monoisotopic (exact) mass is 270 g/mol. The Morgan fingerprint density at radius 3 is 2.50 bits per heavy atom. The minimum atomic E-state index is -0.237. The lowest BCUT2D eigenvalue weighted by Crippen LogP contribution is -2.50. The Hall–Kier alpha value is -0.680. The fourth-order valence-electron chi connectivity index (χ4n) is 2.66. The molecule has 4 nitrogen and oxygen atoms in total. The number of ether oxygens (including phenoxy) is 1. The molecule has 2 fully saturated rings. The highest BCUT2D eigenvalue weighted by Crippen LogP contribution is 2.32. The van der Waals surface area contributed by atoms with Crippen molar-refractivity contribution in [1.29, 1.82) is 0 Å². The van der Waals surface area contributed by atoms with Crippen LogP contribution in [0, 0.1) is 11.3 Å². The molecule has 0 aromatic rings. The molecule has 2 unspecified atom stereocenters. The molecule has 0 bridgehead atoms. The third-order valence-corrected chi connectivity index (χ3v) is 4.90. The summed E-state index contributed by atoms with van der Waals surface area (Å²) in [4.78, 5) is 14.8. The van der Waals surface area contributed by atoms with E-state index in [1.54, 1.807) is 0 Å². The molecule has 0 spiro atoms. The molecule has 0 aliphatic carbocycles. The number of nitrogens with zero attached hydrogens (tertiary/aromatic N) is 1. The molecule has 0 aromatic carbocycles. The number of amides is 1. The van der Waals surface area contributed by atoms with Crippen LogP contribution >= 0.6 is 12.2 Å². The summed E-state index contributed by atoms with van der Waals surface area (Å²) in [7, 11) is 0. The zero-order valence-electron chi connectivity index (χ0n) is 11.1. The van der Waals surface area contributed by atoms with Gasteiger partial charge in [-0.25, -0.2) is 0 Å². The number of nitrogens with two attached hydrogens (primary N) is 1. The number of carbonyl (C=O) groups excluding carboxylic acids is 1. The van der Waals surface area contributed by atoms with E-state index in [0.29, 0.717) is 17.5 Å². The highest BCUT2D eigenvalue weighted by atomic mass is 32.1. The van der Waals surface area contributed by atoms with Crippen LogP contribution in [0.2, 0.25) is 0 Å². The Kier molecular flexibility index (Phi) is 3.92. The van der Waals surface area contributed by atoms with Crippen LogP contribution in [0.4, 0.5) is 0 Å². The quantitative estimate of drug-likeness (QED) is 0.769. The van der Waals surface area contributed by atoms with Gasteiger partial charge in [0.25, 0.3) is 5.91 Å². The summed E-state index contributed by atoms with van der Waals surface area (Å²) < 4.78 is 5.54. The van der Waals surface area contributed by atoms with E-state index in [-0.39, 0.29) is 17.4 Å². The summed E-state index contributed by atoms with van der Waals surface area (Å²) in [5.74, 6) is 0.478. The molecule has 0 radical (unpaired) electrons. The molecular weight excluding hydrogens is 248 g/mol. The summed E-state index contributed by atoms with van der Waals surface area (Å²) in [5.41, 5.74) is 5.68. The van der Waals surface area contributed by atoms with E-state index < -0.39 is 0 Å². The van der Waals surface area contributed by atoms with Gasteiger partial charge in [-0.1, -0.05) is 26.1 Å². The van der Waals surface area contributed by atoms with Gasteiger partial charge in [-0.05, 0) is 25.2 Å². The van der Waals surface area contributed by atoms with E-state index in [2.05, 4.69) is 13.8 Å². The summed E-state index contributed by atoms with van der Waals surface area (Å²) >= 11 is 5.11. The molecule has 2 saturated heterocycles. The second kappa shape index (κ2) is 5.13. The first kappa shape index (κ1) is 13.7. The van der Waals surface area contributed by atoms with Crippen molar-refractivity contribution in [3.8, 4) is 0 Å². The lowest BCUT2D eigenvalue weighted by molar-refractivity contribution is -0.144. The van der Waals surface area contributed by atoms with Crippen LogP contribution in [0.3, 0.4) is 0 Å². The fourth-order valence-corrected chi connectivity index (χ4v) is 2.86. The number of likely N-dealkylation sites (tertiary alicyclic amines) is 1. The topological polar surface area (TPSA) is 55.6 Å². The minimum Gasteiger partial charge on any atom is -0.393 e. The average Bonchev–Trinajstić information content (AvgIpc) is 2.75. The highest BCUT2D eigenvalue weighted by Gasteiger charge is 2.39. The largest absolute Gasteiger partial charge is 0.393 e. The summed E-state index contributed by atoms with van der Waals surface area (Å²) in [6, 6.07) is 0. The molecule has 2 aliphatic rings. The van der Waals surface area contributed by atoms with Crippen molar-refractivity contribution in [2.45, 2.75) is 39.2 Å². The van der Waals surface area contributed by atoms with Gasteiger partial charge < -0.3 is 15.4 Å². The highest BCUT2D eigenvalue weighted by molar-refractivity contribution is 7.80. The van der Waals surface area contributed by atoms with Crippen LogP contribution in [0.1, 0.15) is 33.1 Å². The summed E-state index contributed by atoms with van der Waals surface area (Å²) in [5, 5.41) is 0. The van der Waals surface area contributed by atoms with Gasteiger partial charge in [-0.3, -0.25) is 4.79 Å². The maximum Gasteiger partial charge on any atom is 0.251 e. The van der Waals surface area contributed by atoms with Gasteiger partial charge in [0, 0.05) is 25.1 Å². The molecule has 2 rings (SSSR count). The smallest absolute Gasteiger partial charge is 0.251 e. The molecule has 2 aliphatic heterocycles. The molecule has 2 heterocycles. The molecule has 2 N–H and O–H groups in total. The molecular formula is C13H22N2O2S. The van der Waals surface area contributed by atoms with Crippen molar-refractivity contribution < 1.29 is 9.53 Å². The van der Waals surface area contributed by atoms with Gasteiger partial charge in [0.15, 0.2) is 0 Å². The van der Waals surface area contributed by atoms with Crippen molar-refractivity contribution in [3.63, 3.8) is 0 Å². The minimum absolute atomic E-state index is 0.0890. The Balaban J connectivity index is 1.93. The lowest BCUT2D eigenvalue weighted by Gasteiger charge is -2.39. The maximum absolute atomic E-state index is 12.3. The van der Waals surface area contributed by atoms with Gasteiger partial charge in [0.2, 0.25) is 0 Å². The van der Waals surface area contributed by atoms with Crippen LogP contribution in [0.5, 0.6) is 0 Å². The van der Waals surface area contributed by atoms with Crippen LogP contribution in [-0.2, 0) is 9.53 Å². The summed E-state index contributed by atoms with van der Waals surface area (Å²) in [6.07, 6.45) is 2.46. The van der Waals surface area contributed by atoms with Crippen LogP contribution in [-0.4, -0.2) is 41.6 Å². The van der Waals surface area contributed by atoms with Gasteiger partial charge in [-0.15, -0.1) is 0 Å². The molecule has 18 heavy (non-hydrogen) atoms. The van der Waals surface area contributed by atoms with Crippen molar-refractivity contribution >= 4 is 23.1 Å². The normalized spacial score (nSPS) is 31.3. The first-order chi connectivity index (χ1) is 8.44. The number of carbonyl (C=O) groups is 1. The van der Waals surface area contributed by atoms with Crippen LogP contribution < -0.4 is 5.73 Å². The second-order valence-electron chi connectivity index (χ2n) is 5.81. The standard InChI is InChI=1S/C13H22N2O2S/c1-9-3-8-17-10(9)11(16)15-6-4-13(2,5-7-15)12(14)18/h9-10H,3-8H2,1-2H3,(H2,14,18). The summed E-state index contributed by atoms with van der Waals surface area (Å²) in [6.45, 7) is 6.35. The predicted molar refractivity (Wildman–Crippen MR) is 74.2 cm³/mol.